The summed E-state index contributed by atoms with van der Waals surface area (Å²) in [7, 11) is -3.34. The highest BCUT2D eigenvalue weighted by molar-refractivity contribution is 7.89. The highest BCUT2D eigenvalue weighted by Crippen LogP contribution is 2.01. The number of nitrogens with two attached hydrogens (primary N) is 1. The molecule has 4 nitrogen and oxygen atoms in total. The van der Waals surface area contributed by atoms with E-state index in [4.69, 9.17) is 16.3 Å². The number of sulfonamides is 1. The number of hydrogen-bond donors (Lipinski definition) is 1. The molecule has 5 heteroatoms. The average molecular weight is 205 g/mol. The first-order valence-electron chi connectivity index (χ1n) is 4.01. The van der Waals surface area contributed by atoms with Crippen molar-refractivity contribution in [2.75, 3.05) is 12.4 Å². The molecule has 2 N–H and O–H groups in total. The maximum Gasteiger partial charge on any atom is 0.209 e. The van der Waals surface area contributed by atoms with Crippen molar-refractivity contribution in [1.29, 1.82) is 0 Å². The van der Waals surface area contributed by atoms with Crippen LogP contribution in [0.1, 0.15) is 19.8 Å². The van der Waals surface area contributed by atoms with Crippen molar-refractivity contribution >= 4 is 10.0 Å². The molecule has 1 atom stereocenters. The number of terminal acetylenes is 1. The van der Waals surface area contributed by atoms with Gasteiger partial charge in [0.1, 0.15) is 6.61 Å². The van der Waals surface area contributed by atoms with Crippen LogP contribution in [0.3, 0.4) is 0 Å². The SMILES string of the molecule is C#CCOC(C)CCCS(N)(=O)=O. The van der Waals surface area contributed by atoms with E-state index < -0.39 is 10.0 Å². The third-order valence-electron chi connectivity index (χ3n) is 1.49. The molecule has 0 spiro atoms. The van der Waals surface area contributed by atoms with Crippen LogP contribution in [0.25, 0.3) is 0 Å². The lowest BCUT2D eigenvalue weighted by atomic mass is 10.2. The monoisotopic (exact) mass is 205 g/mol. The van der Waals surface area contributed by atoms with Crippen molar-refractivity contribution < 1.29 is 13.2 Å². The average Bonchev–Trinajstić information content (AvgIpc) is 1.98. The molecule has 0 saturated heterocycles. The van der Waals surface area contributed by atoms with Crippen molar-refractivity contribution in [2.24, 2.45) is 5.14 Å². The van der Waals surface area contributed by atoms with E-state index in [-0.39, 0.29) is 18.5 Å². The molecule has 0 bridgehead atoms. The van der Waals surface area contributed by atoms with E-state index in [0.717, 1.165) is 0 Å². The molecule has 76 valence electrons. The topological polar surface area (TPSA) is 69.4 Å². The minimum absolute atomic E-state index is 0.00322. The molecule has 0 aliphatic carbocycles. The zero-order chi connectivity index (χ0) is 10.3. The molecule has 0 radical (unpaired) electrons. The van der Waals surface area contributed by atoms with Crippen molar-refractivity contribution in [2.45, 2.75) is 25.9 Å². The number of hydrogen-bond acceptors (Lipinski definition) is 3. The summed E-state index contributed by atoms with van der Waals surface area (Å²) < 4.78 is 26.2. The number of primary sulfonamides is 1. The number of rotatable bonds is 6. The Morgan fingerprint density at radius 3 is 2.69 bits per heavy atom. The van der Waals surface area contributed by atoms with E-state index in [1.54, 1.807) is 0 Å². The van der Waals surface area contributed by atoms with Gasteiger partial charge in [0, 0.05) is 0 Å². The Morgan fingerprint density at radius 2 is 2.23 bits per heavy atom. The second kappa shape index (κ2) is 5.97. The van der Waals surface area contributed by atoms with Crippen LogP contribution in [0.2, 0.25) is 0 Å². The van der Waals surface area contributed by atoms with Crippen molar-refractivity contribution in [3.8, 4) is 12.3 Å². The van der Waals surface area contributed by atoms with Crippen LogP contribution in [-0.2, 0) is 14.8 Å². The second-order valence-corrected chi connectivity index (χ2v) is 4.57. The lowest BCUT2D eigenvalue weighted by Crippen LogP contribution is -2.18. The molecule has 0 amide bonds. The summed E-state index contributed by atoms with van der Waals surface area (Å²) >= 11 is 0. The lowest BCUT2D eigenvalue weighted by molar-refractivity contribution is 0.0853. The summed E-state index contributed by atoms with van der Waals surface area (Å²) in [4.78, 5) is 0. The fraction of sp³-hybridized carbons (Fsp3) is 0.750. The smallest absolute Gasteiger partial charge is 0.209 e. The van der Waals surface area contributed by atoms with Crippen molar-refractivity contribution in [3.05, 3.63) is 0 Å². The van der Waals surface area contributed by atoms with Gasteiger partial charge in [-0.2, -0.15) is 0 Å². The van der Waals surface area contributed by atoms with E-state index in [9.17, 15) is 8.42 Å². The molecule has 0 rings (SSSR count). The molecule has 0 aliphatic rings. The van der Waals surface area contributed by atoms with E-state index in [1.165, 1.54) is 0 Å². The van der Waals surface area contributed by atoms with E-state index in [0.29, 0.717) is 12.8 Å². The summed E-state index contributed by atoms with van der Waals surface area (Å²) in [6, 6.07) is 0. The van der Waals surface area contributed by atoms with Crippen LogP contribution in [0.5, 0.6) is 0 Å². The van der Waals surface area contributed by atoms with Gasteiger partial charge in [0.15, 0.2) is 0 Å². The lowest BCUT2D eigenvalue weighted by Gasteiger charge is -2.09. The number of ether oxygens (including phenoxy) is 1. The maximum absolute atomic E-state index is 10.5. The van der Waals surface area contributed by atoms with Gasteiger partial charge in [0.2, 0.25) is 10.0 Å². The van der Waals surface area contributed by atoms with Gasteiger partial charge in [0.05, 0.1) is 11.9 Å². The zero-order valence-electron chi connectivity index (χ0n) is 7.69. The molecule has 0 heterocycles. The second-order valence-electron chi connectivity index (χ2n) is 2.83. The van der Waals surface area contributed by atoms with Gasteiger partial charge < -0.3 is 4.74 Å². The van der Waals surface area contributed by atoms with Gasteiger partial charge in [-0.15, -0.1) is 6.42 Å². The predicted molar refractivity (Wildman–Crippen MR) is 51.5 cm³/mol. The van der Waals surface area contributed by atoms with Crippen LogP contribution < -0.4 is 5.14 Å². The van der Waals surface area contributed by atoms with Gasteiger partial charge >= 0.3 is 0 Å². The van der Waals surface area contributed by atoms with Gasteiger partial charge in [0.25, 0.3) is 0 Å². The molecule has 0 saturated carbocycles. The quantitative estimate of drug-likeness (QED) is 0.625. The molecule has 1 unspecified atom stereocenters. The summed E-state index contributed by atoms with van der Waals surface area (Å²) in [6.07, 6.45) is 6.12. The fourth-order valence-electron chi connectivity index (χ4n) is 0.846. The minimum atomic E-state index is -3.34. The van der Waals surface area contributed by atoms with Crippen LogP contribution in [-0.4, -0.2) is 26.9 Å². The zero-order valence-corrected chi connectivity index (χ0v) is 8.51. The third kappa shape index (κ3) is 9.34. The van der Waals surface area contributed by atoms with Gasteiger partial charge in [-0.05, 0) is 19.8 Å². The Hall–Kier alpha value is -0.570. The van der Waals surface area contributed by atoms with Gasteiger partial charge in [-0.3, -0.25) is 0 Å². The van der Waals surface area contributed by atoms with Crippen molar-refractivity contribution in [3.63, 3.8) is 0 Å². The summed E-state index contributed by atoms with van der Waals surface area (Å²) in [6.45, 7) is 2.11. The first-order valence-corrected chi connectivity index (χ1v) is 5.73. The normalized spacial score (nSPS) is 13.6. The largest absolute Gasteiger partial charge is 0.366 e. The first-order chi connectivity index (χ1) is 5.95. The Kier molecular flexibility index (Phi) is 5.71. The minimum Gasteiger partial charge on any atom is -0.366 e. The summed E-state index contributed by atoms with van der Waals surface area (Å²) in [5, 5.41) is 4.82. The standard InChI is InChI=1S/C8H15NO3S/c1-3-6-12-8(2)5-4-7-13(9,10)11/h1,8H,4-7H2,2H3,(H2,9,10,11). The first kappa shape index (κ1) is 12.4. The van der Waals surface area contributed by atoms with E-state index in [2.05, 4.69) is 5.92 Å². The maximum atomic E-state index is 10.5. The molecule has 0 aromatic rings. The summed E-state index contributed by atoms with van der Waals surface area (Å²) in [5.74, 6) is 2.34. The van der Waals surface area contributed by atoms with E-state index in [1.807, 2.05) is 6.92 Å². The Morgan fingerprint density at radius 1 is 1.62 bits per heavy atom. The summed E-state index contributed by atoms with van der Waals surface area (Å²) in [5.41, 5.74) is 0. The Bertz CT molecular complexity index is 266. The highest BCUT2D eigenvalue weighted by atomic mass is 32.2. The Labute approximate surface area is 79.5 Å². The van der Waals surface area contributed by atoms with Crippen LogP contribution in [0.4, 0.5) is 0 Å². The molecule has 0 aromatic heterocycles. The third-order valence-corrected chi connectivity index (χ3v) is 2.35. The molecule has 0 aromatic carbocycles. The highest BCUT2D eigenvalue weighted by Gasteiger charge is 2.05. The van der Waals surface area contributed by atoms with E-state index >= 15 is 0 Å². The van der Waals surface area contributed by atoms with Crippen LogP contribution in [0.15, 0.2) is 0 Å². The molecule has 0 aliphatic heterocycles. The van der Waals surface area contributed by atoms with Gasteiger partial charge in [-0.1, -0.05) is 5.92 Å². The molecule has 0 fully saturated rings. The Balaban J connectivity index is 3.49. The van der Waals surface area contributed by atoms with Crippen LogP contribution >= 0.6 is 0 Å². The van der Waals surface area contributed by atoms with Crippen LogP contribution in [0, 0.1) is 12.3 Å². The molecular weight excluding hydrogens is 190 g/mol. The molecular formula is C8H15NO3S. The fourth-order valence-corrected chi connectivity index (χ4v) is 1.41. The van der Waals surface area contributed by atoms with Gasteiger partial charge in [-0.25, -0.2) is 13.6 Å². The molecule has 13 heavy (non-hydrogen) atoms. The predicted octanol–water partition coefficient (Wildman–Crippen LogP) is 0.0934. The van der Waals surface area contributed by atoms with Crippen molar-refractivity contribution in [1.82, 2.24) is 0 Å².